The summed E-state index contributed by atoms with van der Waals surface area (Å²) in [6.45, 7) is 0.766. The van der Waals surface area contributed by atoms with E-state index in [4.69, 9.17) is 4.42 Å². The number of furan rings is 1. The summed E-state index contributed by atoms with van der Waals surface area (Å²) in [7, 11) is 0. The lowest BCUT2D eigenvalue weighted by Gasteiger charge is -2.22. The first-order valence-corrected chi connectivity index (χ1v) is 11.6. The number of fused-ring (bicyclic) bond motifs is 3. The Kier molecular flexibility index (Phi) is 6.96. The number of carbonyl (C=O) groups is 1. The fourth-order valence-corrected chi connectivity index (χ4v) is 4.44. The van der Waals surface area contributed by atoms with Crippen molar-refractivity contribution >= 4 is 34.3 Å². The Labute approximate surface area is 196 Å². The third-order valence-corrected chi connectivity index (χ3v) is 6.10. The van der Waals surface area contributed by atoms with E-state index in [0.717, 1.165) is 24.6 Å². The van der Waals surface area contributed by atoms with Crippen LogP contribution in [-0.4, -0.2) is 48.4 Å². The number of hydrogen-bond donors (Lipinski definition) is 0. The van der Waals surface area contributed by atoms with Crippen LogP contribution in [0.15, 0.2) is 57.0 Å². The summed E-state index contributed by atoms with van der Waals surface area (Å²) in [5.41, 5.74) is 0.379. The van der Waals surface area contributed by atoms with Gasteiger partial charge >= 0.3 is 6.18 Å². The normalized spacial score (nSPS) is 12.0. The largest absolute Gasteiger partial charge is 0.467 e. The molecular weight excluding hydrogens is 471 g/mol. The summed E-state index contributed by atoms with van der Waals surface area (Å²) in [6, 6.07) is 10.0. The molecule has 0 fully saturated rings. The van der Waals surface area contributed by atoms with Crippen molar-refractivity contribution in [1.29, 1.82) is 0 Å². The molecule has 1 aromatic carbocycles. The zero-order chi connectivity index (χ0) is 24.3. The fourth-order valence-electron chi connectivity index (χ4n) is 3.60. The van der Waals surface area contributed by atoms with E-state index in [1.165, 1.54) is 16.9 Å². The predicted molar refractivity (Wildman–Crippen MR) is 121 cm³/mol. The van der Waals surface area contributed by atoms with Gasteiger partial charge in [-0.25, -0.2) is 0 Å². The molecule has 0 atom stereocenters. The molecule has 0 aliphatic rings. The highest BCUT2D eigenvalue weighted by Gasteiger charge is 2.33. The molecule has 0 radical (unpaired) electrons. The molecule has 0 unspecified atom stereocenters. The summed E-state index contributed by atoms with van der Waals surface area (Å²) >= 11 is 0.970. The maximum atomic E-state index is 13.1. The van der Waals surface area contributed by atoms with Crippen molar-refractivity contribution in [2.75, 3.05) is 12.3 Å². The molecule has 0 aliphatic heterocycles. The van der Waals surface area contributed by atoms with E-state index >= 15 is 0 Å². The molecule has 0 N–H and O–H groups in total. The molecule has 0 bridgehead atoms. The van der Waals surface area contributed by atoms with Gasteiger partial charge in [-0.1, -0.05) is 37.2 Å². The Balaban J connectivity index is 1.64. The maximum Gasteiger partial charge on any atom is 0.406 e. The molecule has 0 saturated carbocycles. The molecule has 4 rings (SSSR count). The van der Waals surface area contributed by atoms with Crippen LogP contribution in [0.2, 0.25) is 0 Å². The second kappa shape index (κ2) is 9.92. The second-order valence-corrected chi connectivity index (χ2v) is 8.62. The zero-order valence-corrected chi connectivity index (χ0v) is 19.1. The van der Waals surface area contributed by atoms with Gasteiger partial charge in [-0.15, -0.1) is 10.2 Å². The van der Waals surface area contributed by atoms with Gasteiger partial charge in [-0.2, -0.15) is 13.2 Å². The van der Waals surface area contributed by atoms with Crippen LogP contribution in [0, 0.1) is 0 Å². The first-order chi connectivity index (χ1) is 16.3. The summed E-state index contributed by atoms with van der Waals surface area (Å²) < 4.78 is 47.6. The molecular formula is C22H22F3N5O3S. The van der Waals surface area contributed by atoms with Gasteiger partial charge in [0.05, 0.1) is 29.5 Å². The number of aromatic nitrogens is 4. The minimum absolute atomic E-state index is 0.189. The van der Waals surface area contributed by atoms with E-state index in [0.29, 0.717) is 33.3 Å². The lowest BCUT2D eigenvalue weighted by atomic mass is 10.2. The Morgan fingerprint density at radius 2 is 1.97 bits per heavy atom. The third-order valence-electron chi connectivity index (χ3n) is 5.19. The summed E-state index contributed by atoms with van der Waals surface area (Å²) in [4.78, 5) is 26.5. The van der Waals surface area contributed by atoms with Crippen molar-refractivity contribution in [3.05, 3.63) is 58.8 Å². The lowest BCUT2D eigenvalue weighted by Crippen LogP contribution is -2.39. The van der Waals surface area contributed by atoms with Crippen LogP contribution >= 0.6 is 11.8 Å². The summed E-state index contributed by atoms with van der Waals surface area (Å²) in [5.74, 6) is -0.435. The maximum absolute atomic E-state index is 13.1. The Morgan fingerprint density at radius 3 is 2.68 bits per heavy atom. The Morgan fingerprint density at radius 1 is 1.18 bits per heavy atom. The van der Waals surface area contributed by atoms with E-state index in [-0.39, 0.29) is 23.6 Å². The highest BCUT2D eigenvalue weighted by molar-refractivity contribution is 7.99. The van der Waals surface area contributed by atoms with E-state index in [1.54, 1.807) is 34.7 Å². The molecule has 12 heteroatoms. The highest BCUT2D eigenvalue weighted by atomic mass is 32.2. The van der Waals surface area contributed by atoms with Crippen LogP contribution in [0.25, 0.3) is 16.7 Å². The van der Waals surface area contributed by atoms with Gasteiger partial charge in [0, 0.05) is 6.54 Å². The number of benzene rings is 1. The fraction of sp³-hybridized carbons (Fsp3) is 0.364. The SMILES string of the molecule is CCCCn1c(=O)c2ccccc2n2c(SCC(=O)N(Cc3ccco3)CC(F)(F)F)nnc12. The molecule has 3 heterocycles. The molecule has 0 saturated heterocycles. The number of halogens is 3. The first-order valence-electron chi connectivity index (χ1n) is 10.6. The molecule has 1 amide bonds. The van der Waals surface area contributed by atoms with Gasteiger partial charge in [0.1, 0.15) is 12.3 Å². The highest BCUT2D eigenvalue weighted by Crippen LogP contribution is 2.24. The van der Waals surface area contributed by atoms with Gasteiger partial charge in [-0.05, 0) is 30.7 Å². The van der Waals surface area contributed by atoms with Crippen LogP contribution in [0.5, 0.6) is 0 Å². The van der Waals surface area contributed by atoms with Crippen LogP contribution < -0.4 is 5.56 Å². The van der Waals surface area contributed by atoms with Crippen LogP contribution in [-0.2, 0) is 17.9 Å². The van der Waals surface area contributed by atoms with E-state index in [9.17, 15) is 22.8 Å². The van der Waals surface area contributed by atoms with E-state index in [2.05, 4.69) is 10.2 Å². The lowest BCUT2D eigenvalue weighted by molar-refractivity contribution is -0.161. The summed E-state index contributed by atoms with van der Waals surface area (Å²) in [6.07, 6.45) is -1.58. The summed E-state index contributed by atoms with van der Waals surface area (Å²) in [5, 5.41) is 9.09. The molecule has 3 aromatic heterocycles. The van der Waals surface area contributed by atoms with Crippen LogP contribution in [0.4, 0.5) is 13.2 Å². The average Bonchev–Trinajstić information content (AvgIpc) is 3.46. The quantitative estimate of drug-likeness (QED) is 0.326. The molecule has 0 spiro atoms. The monoisotopic (exact) mass is 493 g/mol. The van der Waals surface area contributed by atoms with Crippen LogP contribution in [0.1, 0.15) is 25.5 Å². The van der Waals surface area contributed by atoms with E-state index in [1.807, 2.05) is 6.92 Å². The van der Waals surface area contributed by atoms with Crippen molar-refractivity contribution in [3.63, 3.8) is 0 Å². The number of alkyl halides is 3. The average molecular weight is 494 g/mol. The Hall–Kier alpha value is -3.28. The van der Waals surface area contributed by atoms with Crippen molar-refractivity contribution in [3.8, 4) is 0 Å². The van der Waals surface area contributed by atoms with Gasteiger partial charge in [0.25, 0.3) is 5.56 Å². The number of nitrogens with zero attached hydrogens (tertiary/aromatic N) is 5. The van der Waals surface area contributed by atoms with Crippen molar-refractivity contribution in [2.45, 2.75) is 44.2 Å². The second-order valence-electron chi connectivity index (χ2n) is 7.68. The number of hydrogen-bond acceptors (Lipinski definition) is 6. The third kappa shape index (κ3) is 5.11. The molecule has 34 heavy (non-hydrogen) atoms. The van der Waals surface area contributed by atoms with Gasteiger partial charge in [0.2, 0.25) is 11.7 Å². The molecule has 0 aliphatic carbocycles. The first kappa shape index (κ1) is 23.9. The van der Waals surface area contributed by atoms with Crippen molar-refractivity contribution in [2.24, 2.45) is 0 Å². The smallest absolute Gasteiger partial charge is 0.406 e. The number of amides is 1. The minimum Gasteiger partial charge on any atom is -0.467 e. The standard InChI is InChI=1S/C22H22F3N5O3S/c1-2-3-10-29-19(32)16-8-4-5-9-17(16)30-20(29)26-27-21(30)34-13-18(31)28(14-22(23,24)25)12-15-7-6-11-33-15/h4-9,11H,2-3,10,12-14H2,1H3. The number of carbonyl (C=O) groups excluding carboxylic acids is 1. The van der Waals surface area contributed by atoms with Gasteiger partial charge < -0.3 is 9.32 Å². The number of thioether (sulfide) groups is 1. The topological polar surface area (TPSA) is 85.6 Å². The number of aryl methyl sites for hydroxylation is 1. The molecule has 4 aromatic rings. The number of unbranched alkanes of at least 4 members (excludes halogenated alkanes) is 1. The Bertz CT molecular complexity index is 1350. The van der Waals surface area contributed by atoms with Crippen molar-refractivity contribution in [1.82, 2.24) is 24.1 Å². The zero-order valence-electron chi connectivity index (χ0n) is 18.3. The van der Waals surface area contributed by atoms with Gasteiger partial charge in [-0.3, -0.25) is 18.6 Å². The molecule has 180 valence electrons. The number of para-hydroxylation sites is 1. The molecule has 8 nitrogen and oxygen atoms in total. The number of rotatable bonds is 9. The predicted octanol–water partition coefficient (Wildman–Crippen LogP) is 4.12. The minimum atomic E-state index is -4.56. The van der Waals surface area contributed by atoms with Crippen molar-refractivity contribution < 1.29 is 22.4 Å². The van der Waals surface area contributed by atoms with Gasteiger partial charge in [0.15, 0.2) is 5.16 Å². The van der Waals surface area contributed by atoms with Crippen LogP contribution in [0.3, 0.4) is 0 Å². The van der Waals surface area contributed by atoms with E-state index < -0.39 is 18.6 Å².